The first-order valence-electron chi connectivity index (χ1n) is 3.68. The normalized spacial score (nSPS) is 15.7. The van der Waals surface area contributed by atoms with E-state index in [1.807, 2.05) is 0 Å². The molecule has 0 aliphatic carbocycles. The predicted molar refractivity (Wildman–Crippen MR) is 43.6 cm³/mol. The Morgan fingerprint density at radius 3 is 2.54 bits per heavy atom. The second kappa shape index (κ2) is 3.34. The average Bonchev–Trinajstić information content (AvgIpc) is 2.29. The molecule has 0 aromatic carbocycles. The Hall–Kier alpha value is -1.72. The van der Waals surface area contributed by atoms with E-state index in [0.29, 0.717) is 0 Å². The first-order valence-corrected chi connectivity index (χ1v) is 3.68. The van der Waals surface area contributed by atoms with Crippen molar-refractivity contribution in [3.05, 3.63) is 0 Å². The summed E-state index contributed by atoms with van der Waals surface area (Å²) in [6, 6.07) is 0. The Kier molecular flexibility index (Phi) is 2.41. The Balaban J connectivity index is 2.79. The number of guanidine groups is 1. The molecule has 70 valence electrons. The zero-order chi connectivity index (χ0) is 10.0. The number of nitrogens with zero attached hydrogens (tertiary/aromatic N) is 2. The van der Waals surface area contributed by atoms with Gasteiger partial charge in [-0.25, -0.2) is 0 Å². The van der Waals surface area contributed by atoms with Crippen molar-refractivity contribution in [3.63, 3.8) is 0 Å². The van der Waals surface area contributed by atoms with Crippen molar-refractivity contribution in [2.45, 2.75) is 13.8 Å². The molecule has 0 unspecified atom stereocenters. The van der Waals surface area contributed by atoms with Crippen LogP contribution in [0.25, 0.3) is 0 Å². The highest BCUT2D eigenvalue weighted by molar-refractivity contribution is 6.12. The highest BCUT2D eigenvalue weighted by Crippen LogP contribution is 2.01. The number of hydrogen-bond donors (Lipinski definition) is 1. The van der Waals surface area contributed by atoms with E-state index < -0.39 is 5.91 Å². The Labute approximate surface area is 74.6 Å². The molecule has 1 heterocycles. The number of hydrogen-bond acceptors (Lipinski definition) is 3. The number of carbonyl (C=O) groups excluding carboxylic acids is 3. The number of aliphatic imine (C=N–C) groups is 1. The lowest BCUT2D eigenvalue weighted by Crippen LogP contribution is -2.43. The predicted octanol–water partition coefficient (Wildman–Crippen LogP) is -1.13. The van der Waals surface area contributed by atoms with Gasteiger partial charge in [0.1, 0.15) is 6.54 Å². The van der Waals surface area contributed by atoms with Crippen LogP contribution in [0.2, 0.25) is 0 Å². The summed E-state index contributed by atoms with van der Waals surface area (Å²) in [5, 5.41) is 2.30. The smallest absolute Gasteiger partial charge is 0.269 e. The standard InChI is InChI=1S/C7H9N3O3/c1-4(11)8-7-9-6(13)3-10(7)5(2)12/h3H2,1-2H3,(H,8,9,11,13). The van der Waals surface area contributed by atoms with Crippen molar-refractivity contribution in [1.29, 1.82) is 0 Å². The Bertz CT molecular complexity index is 308. The molecule has 0 bridgehead atoms. The van der Waals surface area contributed by atoms with Crippen molar-refractivity contribution in [2.24, 2.45) is 4.99 Å². The maximum atomic E-state index is 10.9. The Morgan fingerprint density at radius 2 is 2.08 bits per heavy atom. The van der Waals surface area contributed by atoms with Gasteiger partial charge < -0.3 is 0 Å². The van der Waals surface area contributed by atoms with Crippen molar-refractivity contribution < 1.29 is 14.4 Å². The van der Waals surface area contributed by atoms with E-state index in [2.05, 4.69) is 10.3 Å². The summed E-state index contributed by atoms with van der Waals surface area (Å²) in [5.41, 5.74) is 0. The Morgan fingerprint density at radius 1 is 1.46 bits per heavy atom. The summed E-state index contributed by atoms with van der Waals surface area (Å²) >= 11 is 0. The van der Waals surface area contributed by atoms with Gasteiger partial charge in [0, 0.05) is 13.8 Å². The van der Waals surface area contributed by atoms with E-state index in [1.165, 1.54) is 13.8 Å². The van der Waals surface area contributed by atoms with Gasteiger partial charge in [-0.1, -0.05) is 0 Å². The fourth-order valence-corrected chi connectivity index (χ4v) is 0.937. The molecule has 0 radical (unpaired) electrons. The van der Waals surface area contributed by atoms with Crippen molar-refractivity contribution in [2.75, 3.05) is 6.54 Å². The van der Waals surface area contributed by atoms with Gasteiger partial charge in [-0.2, -0.15) is 4.99 Å². The van der Waals surface area contributed by atoms with E-state index in [1.54, 1.807) is 0 Å². The zero-order valence-corrected chi connectivity index (χ0v) is 7.33. The molecule has 0 aromatic heterocycles. The first kappa shape index (κ1) is 9.37. The van der Waals surface area contributed by atoms with Gasteiger partial charge in [-0.3, -0.25) is 24.6 Å². The molecule has 0 spiro atoms. The van der Waals surface area contributed by atoms with E-state index in [4.69, 9.17) is 0 Å². The minimum absolute atomic E-state index is 0.0185. The minimum Gasteiger partial charge on any atom is -0.296 e. The van der Waals surface area contributed by atoms with E-state index >= 15 is 0 Å². The molecule has 1 N–H and O–H groups in total. The molecule has 3 amide bonds. The van der Waals surface area contributed by atoms with Crippen LogP contribution in [0.1, 0.15) is 13.8 Å². The molecule has 0 fully saturated rings. The summed E-state index contributed by atoms with van der Waals surface area (Å²) in [7, 11) is 0. The fourth-order valence-electron chi connectivity index (χ4n) is 0.937. The molecule has 0 aromatic rings. The second-order valence-electron chi connectivity index (χ2n) is 2.62. The van der Waals surface area contributed by atoms with Crippen LogP contribution in [0.5, 0.6) is 0 Å². The molecule has 1 aliphatic heterocycles. The number of nitrogens with one attached hydrogen (secondary N) is 1. The van der Waals surface area contributed by atoms with Crippen molar-refractivity contribution in [3.8, 4) is 0 Å². The summed E-state index contributed by atoms with van der Waals surface area (Å²) in [4.78, 5) is 37.0. The lowest BCUT2D eigenvalue weighted by atomic mass is 10.5. The van der Waals surface area contributed by atoms with Gasteiger partial charge in [-0.15, -0.1) is 0 Å². The summed E-state index contributed by atoms with van der Waals surface area (Å²) < 4.78 is 0. The molecule has 13 heavy (non-hydrogen) atoms. The molecular formula is C7H9N3O3. The highest BCUT2D eigenvalue weighted by atomic mass is 16.2. The minimum atomic E-state index is -0.432. The maximum Gasteiger partial charge on any atom is 0.269 e. The van der Waals surface area contributed by atoms with Gasteiger partial charge in [0.05, 0.1) is 0 Å². The van der Waals surface area contributed by atoms with E-state index in [0.717, 1.165) is 4.90 Å². The van der Waals surface area contributed by atoms with E-state index in [-0.39, 0.29) is 24.3 Å². The number of carbonyl (C=O) groups is 3. The zero-order valence-electron chi connectivity index (χ0n) is 7.33. The molecule has 1 rings (SSSR count). The third kappa shape index (κ3) is 2.11. The lowest BCUT2D eigenvalue weighted by molar-refractivity contribution is -0.128. The van der Waals surface area contributed by atoms with Gasteiger partial charge in [0.15, 0.2) is 0 Å². The highest BCUT2D eigenvalue weighted by Gasteiger charge is 2.26. The molecule has 6 nitrogen and oxygen atoms in total. The van der Waals surface area contributed by atoms with Crippen LogP contribution < -0.4 is 5.32 Å². The van der Waals surface area contributed by atoms with Crippen LogP contribution in [0.4, 0.5) is 0 Å². The second-order valence-corrected chi connectivity index (χ2v) is 2.62. The fraction of sp³-hybridized carbons (Fsp3) is 0.429. The first-order chi connectivity index (χ1) is 6.00. The van der Waals surface area contributed by atoms with Gasteiger partial charge in [0.25, 0.3) is 5.91 Å². The number of amides is 3. The molecule has 6 heteroatoms. The summed E-state index contributed by atoms with van der Waals surface area (Å²) in [6.07, 6.45) is 0. The third-order valence-electron chi connectivity index (χ3n) is 1.45. The molecular weight excluding hydrogens is 174 g/mol. The SMILES string of the molecule is CC(=O)NC1=NC(=O)CN1C(C)=O. The largest absolute Gasteiger partial charge is 0.296 e. The number of rotatable bonds is 0. The van der Waals surface area contributed by atoms with Crippen molar-refractivity contribution >= 4 is 23.7 Å². The molecule has 0 saturated carbocycles. The lowest BCUT2D eigenvalue weighted by Gasteiger charge is -2.14. The average molecular weight is 183 g/mol. The topological polar surface area (TPSA) is 78.8 Å². The molecule has 0 saturated heterocycles. The monoisotopic (exact) mass is 183 g/mol. The van der Waals surface area contributed by atoms with Gasteiger partial charge in [-0.05, 0) is 0 Å². The van der Waals surface area contributed by atoms with Gasteiger partial charge in [0.2, 0.25) is 17.8 Å². The van der Waals surface area contributed by atoms with Gasteiger partial charge >= 0.3 is 0 Å². The van der Waals surface area contributed by atoms with Crippen LogP contribution in [-0.4, -0.2) is 35.1 Å². The molecule has 0 atom stereocenters. The summed E-state index contributed by atoms with van der Waals surface area (Å²) in [6.45, 7) is 2.49. The maximum absolute atomic E-state index is 10.9. The van der Waals surface area contributed by atoms with Crippen LogP contribution in [0.3, 0.4) is 0 Å². The molecule has 1 aliphatic rings. The van der Waals surface area contributed by atoms with Crippen molar-refractivity contribution in [1.82, 2.24) is 10.2 Å². The third-order valence-corrected chi connectivity index (χ3v) is 1.45. The van der Waals surface area contributed by atoms with Crippen LogP contribution in [-0.2, 0) is 14.4 Å². The van der Waals surface area contributed by atoms with Crippen LogP contribution in [0.15, 0.2) is 4.99 Å². The van der Waals surface area contributed by atoms with E-state index in [9.17, 15) is 14.4 Å². The quantitative estimate of drug-likeness (QED) is 0.516. The summed E-state index contributed by atoms with van der Waals surface area (Å²) in [5.74, 6) is -1.10. The van der Waals surface area contributed by atoms with Crippen LogP contribution >= 0.6 is 0 Å². The van der Waals surface area contributed by atoms with Crippen LogP contribution in [0, 0.1) is 0 Å².